The van der Waals surface area contributed by atoms with Crippen LogP contribution in [0.2, 0.25) is 0 Å². The fourth-order valence-corrected chi connectivity index (χ4v) is 2.30. The molecular weight excluding hydrogens is 164 g/mol. The molecule has 3 heteroatoms. The summed E-state index contributed by atoms with van der Waals surface area (Å²) >= 11 is 0. The molecule has 1 saturated heterocycles. The highest BCUT2D eigenvalue weighted by Crippen LogP contribution is 2.43. The van der Waals surface area contributed by atoms with Crippen molar-refractivity contribution in [2.45, 2.75) is 44.7 Å². The van der Waals surface area contributed by atoms with Gasteiger partial charge in [0.05, 0.1) is 0 Å². The van der Waals surface area contributed by atoms with Crippen LogP contribution in [0.25, 0.3) is 0 Å². The maximum atomic E-state index is 11.6. The highest BCUT2D eigenvalue weighted by atomic mass is 16.2. The Morgan fingerprint density at radius 3 is 2.46 bits per heavy atom. The summed E-state index contributed by atoms with van der Waals surface area (Å²) in [7, 11) is 0. The first kappa shape index (κ1) is 9.00. The summed E-state index contributed by atoms with van der Waals surface area (Å²) in [5, 5.41) is 0. The largest absolute Gasteiger partial charge is 0.336 e. The Morgan fingerprint density at radius 1 is 1.46 bits per heavy atom. The monoisotopic (exact) mass is 182 g/mol. The third kappa shape index (κ3) is 1.46. The number of carbonyl (C=O) groups excluding carboxylic acids is 1. The summed E-state index contributed by atoms with van der Waals surface area (Å²) in [6.07, 6.45) is 3.08. The summed E-state index contributed by atoms with van der Waals surface area (Å²) in [6, 6.07) is 0.0607. The minimum atomic E-state index is 0.0468. The van der Waals surface area contributed by atoms with Crippen molar-refractivity contribution in [2.24, 2.45) is 11.7 Å². The molecule has 0 aromatic carbocycles. The molecule has 1 aliphatic heterocycles. The lowest BCUT2D eigenvalue weighted by Gasteiger charge is -2.36. The lowest BCUT2D eigenvalue weighted by Crippen LogP contribution is -2.47. The predicted octanol–water partition coefficient (Wildman–Crippen LogP) is 0.735. The van der Waals surface area contributed by atoms with Crippen LogP contribution in [-0.4, -0.2) is 28.9 Å². The first-order valence-electron chi connectivity index (χ1n) is 5.08. The molecule has 1 atom stereocenters. The Labute approximate surface area is 79.3 Å². The molecule has 1 saturated carbocycles. The highest BCUT2D eigenvalue weighted by Gasteiger charge is 2.46. The van der Waals surface area contributed by atoms with E-state index in [1.165, 1.54) is 12.8 Å². The SMILES string of the molecule is CC(C)(C1CC1)N1CC(N)CC1=O. The van der Waals surface area contributed by atoms with Crippen molar-refractivity contribution in [3.63, 3.8) is 0 Å². The summed E-state index contributed by atoms with van der Waals surface area (Å²) in [5.41, 5.74) is 5.82. The van der Waals surface area contributed by atoms with Gasteiger partial charge in [0, 0.05) is 24.5 Å². The van der Waals surface area contributed by atoms with E-state index in [9.17, 15) is 4.79 Å². The fourth-order valence-electron chi connectivity index (χ4n) is 2.30. The number of carbonyl (C=O) groups is 1. The van der Waals surface area contributed by atoms with Crippen molar-refractivity contribution in [3.8, 4) is 0 Å². The maximum absolute atomic E-state index is 11.6. The Bertz CT molecular complexity index is 233. The minimum absolute atomic E-state index is 0.0468. The van der Waals surface area contributed by atoms with Crippen molar-refractivity contribution in [3.05, 3.63) is 0 Å². The molecule has 1 heterocycles. The van der Waals surface area contributed by atoms with Crippen molar-refractivity contribution in [2.75, 3.05) is 6.54 Å². The number of likely N-dealkylation sites (tertiary alicyclic amines) is 1. The molecule has 1 unspecified atom stereocenters. The maximum Gasteiger partial charge on any atom is 0.224 e. The zero-order valence-electron chi connectivity index (χ0n) is 8.42. The molecule has 0 aromatic heterocycles. The van der Waals surface area contributed by atoms with Gasteiger partial charge in [0.15, 0.2) is 0 Å². The number of amides is 1. The standard InChI is InChI=1S/C10H18N2O/c1-10(2,7-3-4-7)12-6-8(11)5-9(12)13/h7-8H,3-6,11H2,1-2H3. The van der Waals surface area contributed by atoms with Gasteiger partial charge in [0.2, 0.25) is 5.91 Å². The quantitative estimate of drug-likeness (QED) is 0.684. The normalized spacial score (nSPS) is 29.9. The number of nitrogens with zero attached hydrogens (tertiary/aromatic N) is 1. The average Bonchev–Trinajstić information content (AvgIpc) is 2.78. The van der Waals surface area contributed by atoms with E-state index in [1.54, 1.807) is 0 Å². The van der Waals surface area contributed by atoms with Crippen LogP contribution in [0.15, 0.2) is 0 Å². The molecule has 2 rings (SSSR count). The van der Waals surface area contributed by atoms with Gasteiger partial charge < -0.3 is 10.6 Å². The predicted molar refractivity (Wildman–Crippen MR) is 51.1 cm³/mol. The number of hydrogen-bond donors (Lipinski definition) is 1. The molecule has 3 nitrogen and oxygen atoms in total. The first-order valence-corrected chi connectivity index (χ1v) is 5.08. The molecule has 13 heavy (non-hydrogen) atoms. The lowest BCUT2D eigenvalue weighted by atomic mass is 9.96. The van der Waals surface area contributed by atoms with E-state index < -0.39 is 0 Å². The van der Waals surface area contributed by atoms with Gasteiger partial charge in [0.25, 0.3) is 0 Å². The zero-order chi connectivity index (χ0) is 9.64. The molecule has 0 aromatic rings. The molecule has 74 valence electrons. The van der Waals surface area contributed by atoms with E-state index in [0.29, 0.717) is 12.3 Å². The first-order chi connectivity index (χ1) is 6.01. The van der Waals surface area contributed by atoms with Crippen molar-refractivity contribution >= 4 is 5.91 Å². The van der Waals surface area contributed by atoms with Crippen molar-refractivity contribution in [1.29, 1.82) is 0 Å². The smallest absolute Gasteiger partial charge is 0.224 e. The third-order valence-electron chi connectivity index (χ3n) is 3.43. The summed E-state index contributed by atoms with van der Waals surface area (Å²) in [5.74, 6) is 0.950. The number of hydrogen-bond acceptors (Lipinski definition) is 2. The van der Waals surface area contributed by atoms with Crippen LogP contribution in [0.4, 0.5) is 0 Å². The van der Waals surface area contributed by atoms with Crippen LogP contribution in [0.1, 0.15) is 33.1 Å². The number of rotatable bonds is 2. The van der Waals surface area contributed by atoms with Gasteiger partial charge >= 0.3 is 0 Å². The van der Waals surface area contributed by atoms with Crippen LogP contribution in [0, 0.1) is 5.92 Å². The fraction of sp³-hybridized carbons (Fsp3) is 0.900. The van der Waals surface area contributed by atoms with Crippen LogP contribution < -0.4 is 5.73 Å². The average molecular weight is 182 g/mol. The minimum Gasteiger partial charge on any atom is -0.336 e. The molecule has 0 radical (unpaired) electrons. The van der Waals surface area contributed by atoms with Crippen LogP contribution in [-0.2, 0) is 4.79 Å². The molecule has 0 bridgehead atoms. The molecule has 0 spiro atoms. The van der Waals surface area contributed by atoms with Crippen LogP contribution >= 0.6 is 0 Å². The number of nitrogens with two attached hydrogens (primary N) is 1. The van der Waals surface area contributed by atoms with Gasteiger partial charge in [-0.2, -0.15) is 0 Å². The van der Waals surface area contributed by atoms with Gasteiger partial charge in [-0.1, -0.05) is 0 Å². The second-order valence-electron chi connectivity index (χ2n) is 4.90. The third-order valence-corrected chi connectivity index (χ3v) is 3.43. The molecule has 1 amide bonds. The summed E-state index contributed by atoms with van der Waals surface area (Å²) < 4.78 is 0. The van der Waals surface area contributed by atoms with Crippen LogP contribution in [0.3, 0.4) is 0 Å². The molecule has 2 N–H and O–H groups in total. The Morgan fingerprint density at radius 2 is 2.08 bits per heavy atom. The van der Waals surface area contributed by atoms with E-state index in [-0.39, 0.29) is 17.5 Å². The van der Waals surface area contributed by atoms with Gasteiger partial charge in [-0.15, -0.1) is 0 Å². The highest BCUT2D eigenvalue weighted by molar-refractivity contribution is 5.80. The lowest BCUT2D eigenvalue weighted by molar-refractivity contribution is -0.132. The van der Waals surface area contributed by atoms with Gasteiger partial charge in [-0.05, 0) is 32.6 Å². The van der Waals surface area contributed by atoms with E-state index in [2.05, 4.69) is 13.8 Å². The van der Waals surface area contributed by atoms with Gasteiger partial charge in [0.1, 0.15) is 0 Å². The summed E-state index contributed by atoms with van der Waals surface area (Å²) in [4.78, 5) is 13.6. The molecule has 2 aliphatic rings. The van der Waals surface area contributed by atoms with E-state index in [4.69, 9.17) is 5.73 Å². The molecular formula is C10H18N2O. The van der Waals surface area contributed by atoms with Gasteiger partial charge in [-0.25, -0.2) is 0 Å². The second kappa shape index (κ2) is 2.71. The Kier molecular flexibility index (Phi) is 1.88. The topological polar surface area (TPSA) is 46.3 Å². The second-order valence-corrected chi connectivity index (χ2v) is 4.90. The van der Waals surface area contributed by atoms with Crippen molar-refractivity contribution in [1.82, 2.24) is 4.90 Å². The Balaban J connectivity index is 2.11. The zero-order valence-corrected chi connectivity index (χ0v) is 8.42. The Hall–Kier alpha value is -0.570. The van der Waals surface area contributed by atoms with E-state index >= 15 is 0 Å². The molecule has 1 aliphatic carbocycles. The van der Waals surface area contributed by atoms with E-state index in [1.807, 2.05) is 4.90 Å². The molecule has 2 fully saturated rings. The van der Waals surface area contributed by atoms with Gasteiger partial charge in [-0.3, -0.25) is 4.79 Å². The van der Waals surface area contributed by atoms with Crippen LogP contribution in [0.5, 0.6) is 0 Å². The van der Waals surface area contributed by atoms with Crippen molar-refractivity contribution < 1.29 is 4.79 Å². The van der Waals surface area contributed by atoms with E-state index in [0.717, 1.165) is 6.54 Å². The summed E-state index contributed by atoms with van der Waals surface area (Å²) in [6.45, 7) is 5.09.